The smallest absolute Gasteiger partial charge is 0.316 e. The summed E-state index contributed by atoms with van der Waals surface area (Å²) in [5.74, 6) is 0.597. The van der Waals surface area contributed by atoms with Gasteiger partial charge in [-0.05, 0) is 19.1 Å². The lowest BCUT2D eigenvalue weighted by Gasteiger charge is -2.12. The van der Waals surface area contributed by atoms with Gasteiger partial charge >= 0.3 is 6.01 Å². The largest absolute Gasteiger partial charge is 0.497 e. The van der Waals surface area contributed by atoms with E-state index in [0.29, 0.717) is 12.4 Å². The maximum Gasteiger partial charge on any atom is 0.316 e. The van der Waals surface area contributed by atoms with Gasteiger partial charge in [-0.2, -0.15) is 0 Å². The molecule has 0 atom stereocenters. The molecule has 1 heterocycles. The number of nitrogens with zero attached hydrogens (tertiary/aromatic N) is 2. The van der Waals surface area contributed by atoms with Crippen molar-refractivity contribution in [1.82, 2.24) is 9.97 Å². The van der Waals surface area contributed by atoms with Crippen molar-refractivity contribution >= 4 is 15.7 Å². The number of anilines is 1. The molecule has 8 nitrogen and oxygen atoms in total. The van der Waals surface area contributed by atoms with Crippen LogP contribution in [0.5, 0.6) is 17.5 Å². The molecule has 0 saturated heterocycles. The molecule has 0 spiro atoms. The lowest BCUT2D eigenvalue weighted by atomic mass is 10.3. The van der Waals surface area contributed by atoms with Gasteiger partial charge in [0.1, 0.15) is 16.4 Å². The highest BCUT2D eigenvalue weighted by molar-refractivity contribution is 7.92. The molecule has 0 aliphatic rings. The number of ether oxygens (including phenoxy) is 3. The number of rotatable bonds is 7. The van der Waals surface area contributed by atoms with Crippen LogP contribution in [0.3, 0.4) is 0 Å². The van der Waals surface area contributed by atoms with E-state index in [1.165, 1.54) is 38.7 Å². The fourth-order valence-electron chi connectivity index (χ4n) is 1.78. The first-order valence-electron chi connectivity index (χ1n) is 6.70. The molecular weight excluding hydrogens is 322 g/mol. The predicted molar refractivity (Wildman–Crippen MR) is 83.6 cm³/mol. The predicted octanol–water partition coefficient (Wildman–Crippen LogP) is 1.69. The van der Waals surface area contributed by atoms with E-state index < -0.39 is 10.0 Å². The minimum Gasteiger partial charge on any atom is -0.497 e. The summed E-state index contributed by atoms with van der Waals surface area (Å²) in [4.78, 5) is 7.76. The van der Waals surface area contributed by atoms with Gasteiger partial charge in [0.15, 0.2) is 0 Å². The van der Waals surface area contributed by atoms with E-state index in [1.54, 1.807) is 13.0 Å². The summed E-state index contributed by atoms with van der Waals surface area (Å²) in [6, 6.07) is 4.67. The molecule has 9 heteroatoms. The molecule has 1 N–H and O–H groups in total. The third-order valence-electron chi connectivity index (χ3n) is 2.81. The van der Waals surface area contributed by atoms with Crippen molar-refractivity contribution < 1.29 is 22.6 Å². The van der Waals surface area contributed by atoms with Gasteiger partial charge in [-0.25, -0.2) is 18.4 Å². The minimum absolute atomic E-state index is 0.0479. The Bertz CT molecular complexity index is 762. The number of hydrogen-bond acceptors (Lipinski definition) is 7. The van der Waals surface area contributed by atoms with Crippen molar-refractivity contribution in [2.45, 2.75) is 11.8 Å². The monoisotopic (exact) mass is 339 g/mol. The van der Waals surface area contributed by atoms with Crippen LogP contribution < -0.4 is 18.9 Å². The SMILES string of the molecule is CCOc1ncc(NS(=O)(=O)c2cc(OC)ccc2OC)cn1. The highest BCUT2D eigenvalue weighted by Crippen LogP contribution is 2.29. The number of benzene rings is 1. The Morgan fingerprint density at radius 2 is 1.83 bits per heavy atom. The molecule has 0 aliphatic carbocycles. The van der Waals surface area contributed by atoms with Crippen LogP contribution in [0, 0.1) is 0 Å². The van der Waals surface area contributed by atoms with E-state index in [4.69, 9.17) is 14.2 Å². The molecule has 2 rings (SSSR count). The molecule has 23 heavy (non-hydrogen) atoms. The molecule has 1 aromatic carbocycles. The van der Waals surface area contributed by atoms with Crippen molar-refractivity contribution in [1.29, 1.82) is 0 Å². The first kappa shape index (κ1) is 16.8. The van der Waals surface area contributed by atoms with Gasteiger partial charge < -0.3 is 14.2 Å². The molecule has 0 unspecified atom stereocenters. The van der Waals surface area contributed by atoms with Gasteiger partial charge in [0.25, 0.3) is 10.0 Å². The molecule has 0 bridgehead atoms. The van der Waals surface area contributed by atoms with E-state index in [2.05, 4.69) is 14.7 Å². The summed E-state index contributed by atoms with van der Waals surface area (Å²) < 4.78 is 42.7. The molecule has 124 valence electrons. The zero-order chi connectivity index (χ0) is 16.9. The van der Waals surface area contributed by atoms with Gasteiger partial charge in [-0.3, -0.25) is 4.72 Å². The van der Waals surface area contributed by atoms with Crippen LogP contribution in [0.2, 0.25) is 0 Å². The number of hydrogen-bond donors (Lipinski definition) is 1. The van der Waals surface area contributed by atoms with Gasteiger partial charge in [0.05, 0.1) is 38.9 Å². The van der Waals surface area contributed by atoms with E-state index in [9.17, 15) is 8.42 Å². The van der Waals surface area contributed by atoms with Crippen LogP contribution in [0.4, 0.5) is 5.69 Å². The Labute approximate surface area is 134 Å². The first-order valence-corrected chi connectivity index (χ1v) is 8.18. The third-order valence-corrected chi connectivity index (χ3v) is 4.22. The molecule has 0 amide bonds. The Morgan fingerprint density at radius 1 is 1.13 bits per heavy atom. The number of sulfonamides is 1. The summed E-state index contributed by atoms with van der Waals surface area (Å²) in [7, 11) is -1.05. The van der Waals surface area contributed by atoms with E-state index >= 15 is 0 Å². The molecule has 1 aromatic heterocycles. The maximum absolute atomic E-state index is 12.5. The number of nitrogens with one attached hydrogen (secondary N) is 1. The summed E-state index contributed by atoms with van der Waals surface area (Å²) in [5, 5.41) is 0. The lowest BCUT2D eigenvalue weighted by molar-refractivity contribution is 0.312. The average molecular weight is 339 g/mol. The molecule has 0 radical (unpaired) electrons. The van der Waals surface area contributed by atoms with E-state index in [0.717, 1.165) is 0 Å². The average Bonchev–Trinajstić information content (AvgIpc) is 2.56. The second-order valence-electron chi connectivity index (χ2n) is 4.31. The summed E-state index contributed by atoms with van der Waals surface area (Å²) >= 11 is 0. The second-order valence-corrected chi connectivity index (χ2v) is 5.96. The van der Waals surface area contributed by atoms with Crippen LogP contribution in [-0.4, -0.2) is 39.2 Å². The quantitative estimate of drug-likeness (QED) is 0.819. The van der Waals surface area contributed by atoms with Crippen molar-refractivity contribution in [3.8, 4) is 17.5 Å². The topological polar surface area (TPSA) is 99.6 Å². The highest BCUT2D eigenvalue weighted by Gasteiger charge is 2.21. The molecule has 0 saturated carbocycles. The summed E-state index contributed by atoms with van der Waals surface area (Å²) in [5.41, 5.74) is 0.207. The van der Waals surface area contributed by atoms with Gasteiger partial charge in [-0.1, -0.05) is 0 Å². The lowest BCUT2D eigenvalue weighted by Crippen LogP contribution is -2.14. The van der Waals surface area contributed by atoms with Gasteiger partial charge in [-0.15, -0.1) is 0 Å². The zero-order valence-corrected chi connectivity index (χ0v) is 13.8. The molecule has 2 aromatic rings. The van der Waals surface area contributed by atoms with Crippen molar-refractivity contribution in [3.05, 3.63) is 30.6 Å². The third kappa shape index (κ3) is 4.01. The zero-order valence-electron chi connectivity index (χ0n) is 12.9. The van der Waals surface area contributed by atoms with Crippen molar-refractivity contribution in [2.24, 2.45) is 0 Å². The van der Waals surface area contributed by atoms with Crippen molar-refractivity contribution in [3.63, 3.8) is 0 Å². The van der Waals surface area contributed by atoms with Crippen LogP contribution in [0.25, 0.3) is 0 Å². The fraction of sp³-hybridized carbons (Fsp3) is 0.286. The van der Waals surface area contributed by atoms with Crippen LogP contribution in [0.15, 0.2) is 35.5 Å². The summed E-state index contributed by atoms with van der Waals surface area (Å²) in [6.45, 7) is 2.22. The highest BCUT2D eigenvalue weighted by atomic mass is 32.2. The Balaban J connectivity index is 2.31. The Kier molecular flexibility index (Phi) is 5.22. The minimum atomic E-state index is -3.89. The van der Waals surface area contributed by atoms with Crippen LogP contribution >= 0.6 is 0 Å². The summed E-state index contributed by atoms with van der Waals surface area (Å²) in [6.07, 6.45) is 2.64. The fourth-order valence-corrected chi connectivity index (χ4v) is 2.99. The first-order chi connectivity index (χ1) is 11.0. The Hall–Kier alpha value is -2.55. The van der Waals surface area contributed by atoms with Crippen LogP contribution in [0.1, 0.15) is 6.92 Å². The molecule has 0 aliphatic heterocycles. The van der Waals surface area contributed by atoms with Crippen molar-refractivity contribution in [2.75, 3.05) is 25.5 Å². The van der Waals surface area contributed by atoms with E-state index in [1.807, 2.05) is 0 Å². The molecule has 0 fully saturated rings. The maximum atomic E-state index is 12.5. The normalized spacial score (nSPS) is 10.9. The molecular formula is C14H17N3O5S. The van der Waals surface area contributed by atoms with Crippen LogP contribution in [-0.2, 0) is 10.0 Å². The van der Waals surface area contributed by atoms with E-state index in [-0.39, 0.29) is 22.3 Å². The number of methoxy groups -OCH3 is 2. The Morgan fingerprint density at radius 3 is 2.39 bits per heavy atom. The van der Waals surface area contributed by atoms with Gasteiger partial charge in [0, 0.05) is 6.07 Å². The standard InChI is InChI=1S/C14H17N3O5S/c1-4-22-14-15-8-10(9-16-14)17-23(18,19)13-7-11(20-2)5-6-12(13)21-3/h5-9,17H,4H2,1-3H3. The number of aromatic nitrogens is 2. The van der Waals surface area contributed by atoms with Gasteiger partial charge in [0.2, 0.25) is 0 Å². The second kappa shape index (κ2) is 7.14.